The van der Waals surface area contributed by atoms with Gasteiger partial charge in [-0.3, -0.25) is 0 Å². The Labute approximate surface area is 84.4 Å². The first kappa shape index (κ1) is 9.45. The minimum atomic E-state index is -1.16. The van der Waals surface area contributed by atoms with Crippen molar-refractivity contribution in [2.24, 2.45) is 0 Å². The van der Waals surface area contributed by atoms with Crippen LogP contribution in [0.25, 0.3) is 10.8 Å². The topological polar surface area (TPSA) is 57.5 Å². The number of carboxylic acids is 1. The second-order valence-electron chi connectivity index (χ2n) is 3.14. The van der Waals surface area contributed by atoms with Gasteiger partial charge in [0.1, 0.15) is 11.6 Å². The number of hydrogen-bond donors (Lipinski definition) is 2. The van der Waals surface area contributed by atoms with Crippen molar-refractivity contribution in [3.8, 4) is 5.75 Å². The number of aromatic hydroxyl groups is 1. The predicted molar refractivity (Wildman–Crippen MR) is 52.5 cm³/mol. The predicted octanol–water partition coefficient (Wildman–Crippen LogP) is 2.38. The summed E-state index contributed by atoms with van der Waals surface area (Å²) in [5.41, 5.74) is -0.0643. The fourth-order valence-electron chi connectivity index (χ4n) is 1.48. The largest absolute Gasteiger partial charge is 0.507 e. The lowest BCUT2D eigenvalue weighted by atomic mass is 10.1. The molecule has 2 aromatic carbocycles. The third kappa shape index (κ3) is 1.50. The summed E-state index contributed by atoms with van der Waals surface area (Å²) >= 11 is 0. The van der Waals surface area contributed by atoms with Crippen LogP contribution in [-0.2, 0) is 0 Å². The Hall–Kier alpha value is -2.10. The average Bonchev–Trinajstić information content (AvgIpc) is 2.17. The van der Waals surface area contributed by atoms with Crippen LogP contribution in [0.1, 0.15) is 10.4 Å². The van der Waals surface area contributed by atoms with Crippen LogP contribution < -0.4 is 0 Å². The fourth-order valence-corrected chi connectivity index (χ4v) is 1.48. The van der Waals surface area contributed by atoms with Gasteiger partial charge in [-0.25, -0.2) is 9.18 Å². The van der Waals surface area contributed by atoms with E-state index in [1.54, 1.807) is 6.07 Å². The fraction of sp³-hybridized carbons (Fsp3) is 0. The van der Waals surface area contributed by atoms with Crippen LogP contribution in [0.5, 0.6) is 5.75 Å². The molecule has 15 heavy (non-hydrogen) atoms. The summed E-state index contributed by atoms with van der Waals surface area (Å²) in [6.07, 6.45) is 0. The van der Waals surface area contributed by atoms with E-state index in [0.29, 0.717) is 5.39 Å². The lowest BCUT2D eigenvalue weighted by Gasteiger charge is -2.03. The number of phenols is 1. The Bertz CT molecular complexity index is 549. The van der Waals surface area contributed by atoms with E-state index in [-0.39, 0.29) is 16.7 Å². The first-order chi connectivity index (χ1) is 7.09. The molecule has 0 saturated heterocycles. The summed E-state index contributed by atoms with van der Waals surface area (Å²) in [5, 5.41) is 18.6. The maximum Gasteiger partial charge on any atom is 0.335 e. The van der Waals surface area contributed by atoms with Crippen molar-refractivity contribution >= 4 is 16.7 Å². The Kier molecular flexibility index (Phi) is 2.04. The van der Waals surface area contributed by atoms with Gasteiger partial charge >= 0.3 is 5.97 Å². The molecular weight excluding hydrogens is 199 g/mol. The monoisotopic (exact) mass is 206 g/mol. The van der Waals surface area contributed by atoms with Gasteiger partial charge in [-0.05, 0) is 23.6 Å². The summed E-state index contributed by atoms with van der Waals surface area (Å²) < 4.78 is 13.3. The van der Waals surface area contributed by atoms with Crippen molar-refractivity contribution in [2.75, 3.05) is 0 Å². The van der Waals surface area contributed by atoms with Crippen LogP contribution in [0.2, 0.25) is 0 Å². The maximum absolute atomic E-state index is 13.3. The quantitative estimate of drug-likeness (QED) is 0.753. The van der Waals surface area contributed by atoms with Gasteiger partial charge in [0.2, 0.25) is 0 Å². The molecule has 0 fully saturated rings. The first-order valence-corrected chi connectivity index (χ1v) is 4.24. The highest BCUT2D eigenvalue weighted by Crippen LogP contribution is 2.28. The summed E-state index contributed by atoms with van der Waals surface area (Å²) in [6, 6.07) is 6.57. The molecule has 0 bridgehead atoms. The number of hydrogen-bond acceptors (Lipinski definition) is 2. The normalized spacial score (nSPS) is 10.5. The summed E-state index contributed by atoms with van der Waals surface area (Å²) in [7, 11) is 0. The number of aromatic carboxylic acids is 1. The molecule has 0 atom stereocenters. The van der Waals surface area contributed by atoms with Crippen molar-refractivity contribution in [1.82, 2.24) is 0 Å². The zero-order chi connectivity index (χ0) is 11.0. The second kappa shape index (κ2) is 3.24. The summed E-state index contributed by atoms with van der Waals surface area (Å²) in [5.74, 6) is -2.08. The molecular formula is C11H7FO3. The third-order valence-corrected chi connectivity index (χ3v) is 2.15. The van der Waals surface area contributed by atoms with Crippen LogP contribution in [0.4, 0.5) is 4.39 Å². The van der Waals surface area contributed by atoms with E-state index in [4.69, 9.17) is 5.11 Å². The third-order valence-electron chi connectivity index (χ3n) is 2.15. The number of phenolic OH excluding ortho intramolecular Hbond substituents is 1. The van der Waals surface area contributed by atoms with Gasteiger partial charge in [0, 0.05) is 0 Å². The lowest BCUT2D eigenvalue weighted by molar-refractivity contribution is 0.0696. The molecule has 0 aliphatic heterocycles. The van der Waals surface area contributed by atoms with Gasteiger partial charge in [-0.1, -0.05) is 12.1 Å². The smallest absolute Gasteiger partial charge is 0.335 e. The molecule has 2 rings (SSSR count). The van der Waals surface area contributed by atoms with Crippen molar-refractivity contribution < 1.29 is 19.4 Å². The highest BCUT2D eigenvalue weighted by molar-refractivity contribution is 5.97. The number of fused-ring (bicyclic) bond motifs is 1. The molecule has 3 nitrogen and oxygen atoms in total. The minimum Gasteiger partial charge on any atom is -0.507 e. The van der Waals surface area contributed by atoms with Crippen LogP contribution in [0.3, 0.4) is 0 Å². The van der Waals surface area contributed by atoms with Crippen LogP contribution in [0, 0.1) is 5.82 Å². The van der Waals surface area contributed by atoms with E-state index in [1.807, 2.05) is 0 Å². The minimum absolute atomic E-state index is 0.0440. The summed E-state index contributed by atoms with van der Waals surface area (Å²) in [4.78, 5) is 10.7. The molecule has 76 valence electrons. The molecule has 2 aromatic rings. The Morgan fingerprint density at radius 3 is 2.67 bits per heavy atom. The van der Waals surface area contributed by atoms with Gasteiger partial charge in [-0.2, -0.15) is 0 Å². The van der Waals surface area contributed by atoms with Crippen molar-refractivity contribution in [2.45, 2.75) is 0 Å². The number of carboxylic acid groups (broad SMARTS) is 1. The number of carbonyl (C=O) groups is 1. The first-order valence-electron chi connectivity index (χ1n) is 4.24. The zero-order valence-corrected chi connectivity index (χ0v) is 7.57. The second-order valence-corrected chi connectivity index (χ2v) is 3.14. The molecule has 4 heteroatoms. The molecule has 0 aliphatic rings. The Morgan fingerprint density at radius 2 is 2.00 bits per heavy atom. The number of benzene rings is 2. The Morgan fingerprint density at radius 1 is 1.27 bits per heavy atom. The molecule has 0 aromatic heterocycles. The van der Waals surface area contributed by atoms with Crippen LogP contribution >= 0.6 is 0 Å². The van der Waals surface area contributed by atoms with Crippen LogP contribution in [-0.4, -0.2) is 16.2 Å². The van der Waals surface area contributed by atoms with E-state index in [0.717, 1.165) is 6.07 Å². The molecule has 0 saturated carbocycles. The average molecular weight is 206 g/mol. The van der Waals surface area contributed by atoms with Crippen molar-refractivity contribution in [3.63, 3.8) is 0 Å². The van der Waals surface area contributed by atoms with E-state index < -0.39 is 11.8 Å². The molecule has 0 radical (unpaired) electrons. The van der Waals surface area contributed by atoms with Gasteiger partial charge < -0.3 is 10.2 Å². The Balaban J connectivity index is 2.84. The highest BCUT2D eigenvalue weighted by atomic mass is 19.1. The highest BCUT2D eigenvalue weighted by Gasteiger charge is 2.10. The standard InChI is InChI=1S/C11H7FO3/c12-8-3-1-2-6-4-7(11(14)15)5-9(13)10(6)8/h1-5,13H,(H,14,15). The van der Waals surface area contributed by atoms with E-state index in [2.05, 4.69) is 0 Å². The molecule has 0 spiro atoms. The molecule has 0 heterocycles. The molecule has 0 unspecified atom stereocenters. The van der Waals surface area contributed by atoms with Crippen molar-refractivity contribution in [3.05, 3.63) is 41.7 Å². The molecule has 0 amide bonds. The summed E-state index contributed by atoms with van der Waals surface area (Å²) in [6.45, 7) is 0. The van der Waals surface area contributed by atoms with E-state index in [1.165, 1.54) is 18.2 Å². The van der Waals surface area contributed by atoms with E-state index >= 15 is 0 Å². The van der Waals surface area contributed by atoms with Gasteiger partial charge in [0.25, 0.3) is 0 Å². The number of halogens is 1. The van der Waals surface area contributed by atoms with E-state index in [9.17, 15) is 14.3 Å². The van der Waals surface area contributed by atoms with Gasteiger partial charge in [0.05, 0.1) is 10.9 Å². The number of rotatable bonds is 1. The van der Waals surface area contributed by atoms with Gasteiger partial charge in [-0.15, -0.1) is 0 Å². The maximum atomic E-state index is 13.3. The van der Waals surface area contributed by atoms with Gasteiger partial charge in [0.15, 0.2) is 0 Å². The SMILES string of the molecule is O=C(O)c1cc(O)c2c(F)cccc2c1. The van der Waals surface area contributed by atoms with Crippen LogP contribution in [0.15, 0.2) is 30.3 Å². The molecule has 2 N–H and O–H groups in total. The lowest BCUT2D eigenvalue weighted by Crippen LogP contribution is -1.96. The zero-order valence-electron chi connectivity index (χ0n) is 7.57. The van der Waals surface area contributed by atoms with Crippen molar-refractivity contribution in [1.29, 1.82) is 0 Å². The molecule has 0 aliphatic carbocycles.